The summed E-state index contributed by atoms with van der Waals surface area (Å²) in [6, 6.07) is 0. The van der Waals surface area contributed by atoms with Gasteiger partial charge in [0.05, 0.1) is 39.6 Å². The molecule has 0 aromatic rings. The summed E-state index contributed by atoms with van der Waals surface area (Å²) in [6.45, 7) is -3.59. The molecule has 0 saturated heterocycles. The van der Waals surface area contributed by atoms with Crippen molar-refractivity contribution in [2.75, 3.05) is 79.3 Å². The van der Waals surface area contributed by atoms with E-state index < -0.39 is 25.1 Å². The minimum absolute atomic E-state index is 0.207. The van der Waals surface area contributed by atoms with E-state index in [-0.39, 0.29) is 78.0 Å². The molecule has 0 unspecified atom stereocenters. The molecule has 0 bridgehead atoms. The average Bonchev–Trinajstić information content (AvgIpc) is 2.74. The molecular weight excluding hydrogens is 400 g/mol. The molecule has 0 aliphatic carbocycles. The van der Waals surface area contributed by atoms with Crippen LogP contribution in [0.1, 0.15) is 0 Å². The van der Waals surface area contributed by atoms with Crippen molar-refractivity contribution in [2.45, 2.75) is 0 Å². The third-order valence-corrected chi connectivity index (χ3v) is 2.47. The summed E-state index contributed by atoms with van der Waals surface area (Å²) < 4.78 is 36.6. The summed E-state index contributed by atoms with van der Waals surface area (Å²) in [7, 11) is 0. The largest absolute Gasteiger partial charge is 0.458 e. The highest BCUT2D eigenvalue weighted by molar-refractivity contribution is 4.96. The number of aliphatic hydroxyl groups excluding tert-OH is 6. The molecule has 0 aromatic heterocycles. The summed E-state index contributed by atoms with van der Waals surface area (Å²) >= 11 is 0. The summed E-state index contributed by atoms with van der Waals surface area (Å²) in [5.41, 5.74) is 0. The standard InChI is InChI=1S/C16H30O13/c17-1-7-23-13(24-8-2-18)15(27-11-5-21)29-16(28-12-6-22)14(25-9-3-19)26-10-4-20/h17-22H,1-12H2. The molecule has 0 rings (SSSR count). The molecule has 0 saturated carbocycles. The zero-order chi connectivity index (χ0) is 21.7. The second-order valence-electron chi connectivity index (χ2n) is 4.68. The molecule has 0 radical (unpaired) electrons. The van der Waals surface area contributed by atoms with E-state index in [1.807, 2.05) is 0 Å². The maximum absolute atomic E-state index is 9.02. The Labute approximate surface area is 167 Å². The molecule has 13 nitrogen and oxygen atoms in total. The predicted molar refractivity (Wildman–Crippen MR) is 93.4 cm³/mol. The summed E-state index contributed by atoms with van der Waals surface area (Å²) in [4.78, 5) is 0. The number of hydrogen-bond acceptors (Lipinski definition) is 13. The van der Waals surface area contributed by atoms with Crippen LogP contribution in [-0.2, 0) is 33.2 Å². The Morgan fingerprint density at radius 3 is 0.759 bits per heavy atom. The van der Waals surface area contributed by atoms with Crippen LogP contribution in [-0.4, -0.2) is 110 Å². The molecule has 0 aliphatic heterocycles. The van der Waals surface area contributed by atoms with Gasteiger partial charge in [0, 0.05) is 0 Å². The smallest absolute Gasteiger partial charge is 0.372 e. The van der Waals surface area contributed by atoms with Crippen molar-refractivity contribution in [1.82, 2.24) is 0 Å². The predicted octanol–water partition coefficient (Wildman–Crippen LogP) is -2.69. The third-order valence-electron chi connectivity index (χ3n) is 2.47. The third kappa shape index (κ3) is 12.8. The minimum atomic E-state index is -0.466. The van der Waals surface area contributed by atoms with E-state index in [1.165, 1.54) is 0 Å². The second-order valence-corrected chi connectivity index (χ2v) is 4.68. The number of rotatable bonds is 20. The van der Waals surface area contributed by atoms with Gasteiger partial charge in [-0.2, -0.15) is 0 Å². The molecule has 172 valence electrons. The molecule has 13 heteroatoms. The van der Waals surface area contributed by atoms with E-state index in [4.69, 9.17) is 63.8 Å². The van der Waals surface area contributed by atoms with Gasteiger partial charge in [-0.25, -0.2) is 0 Å². The Balaban J connectivity index is 5.87. The van der Waals surface area contributed by atoms with Crippen LogP contribution in [0.2, 0.25) is 0 Å². The van der Waals surface area contributed by atoms with Crippen LogP contribution in [0.25, 0.3) is 0 Å². The lowest BCUT2D eigenvalue weighted by molar-refractivity contribution is -0.0923. The molecule has 0 fully saturated rings. The number of aliphatic hydroxyl groups is 6. The fraction of sp³-hybridized carbons (Fsp3) is 0.750. The molecule has 6 N–H and O–H groups in total. The van der Waals surface area contributed by atoms with E-state index >= 15 is 0 Å². The van der Waals surface area contributed by atoms with Gasteiger partial charge in [-0.15, -0.1) is 0 Å². The van der Waals surface area contributed by atoms with Gasteiger partial charge in [-0.3, -0.25) is 0 Å². The molecule has 0 atom stereocenters. The van der Waals surface area contributed by atoms with Crippen LogP contribution in [0.15, 0.2) is 23.8 Å². The van der Waals surface area contributed by atoms with Crippen LogP contribution in [0.3, 0.4) is 0 Å². The topological polar surface area (TPSA) is 186 Å². The normalized spacial score (nSPS) is 10.0. The van der Waals surface area contributed by atoms with E-state index in [1.54, 1.807) is 0 Å². The first-order valence-corrected chi connectivity index (χ1v) is 8.76. The van der Waals surface area contributed by atoms with Crippen molar-refractivity contribution in [2.24, 2.45) is 0 Å². The van der Waals surface area contributed by atoms with Gasteiger partial charge >= 0.3 is 23.8 Å². The summed E-state index contributed by atoms with van der Waals surface area (Å²) in [5.74, 6) is -1.69. The van der Waals surface area contributed by atoms with E-state index in [9.17, 15) is 0 Å². The van der Waals surface area contributed by atoms with E-state index in [2.05, 4.69) is 0 Å². The lowest BCUT2D eigenvalue weighted by Gasteiger charge is -2.19. The first-order chi connectivity index (χ1) is 14.2. The van der Waals surface area contributed by atoms with Crippen LogP contribution < -0.4 is 0 Å². The van der Waals surface area contributed by atoms with E-state index in [0.29, 0.717) is 0 Å². The Bertz CT molecular complexity index is 392. The minimum Gasteiger partial charge on any atom is -0.458 e. The lowest BCUT2D eigenvalue weighted by Crippen LogP contribution is -2.17. The van der Waals surface area contributed by atoms with Gasteiger partial charge in [-0.1, -0.05) is 0 Å². The molecule has 0 spiro atoms. The highest BCUT2D eigenvalue weighted by Crippen LogP contribution is 2.20. The zero-order valence-corrected chi connectivity index (χ0v) is 16.0. The zero-order valence-electron chi connectivity index (χ0n) is 16.0. The molecular formula is C16H30O13. The highest BCUT2D eigenvalue weighted by atomic mass is 16.8. The molecule has 29 heavy (non-hydrogen) atoms. The molecule has 0 aliphatic rings. The van der Waals surface area contributed by atoms with Gasteiger partial charge in [0.25, 0.3) is 0 Å². The van der Waals surface area contributed by atoms with Crippen molar-refractivity contribution in [3.63, 3.8) is 0 Å². The van der Waals surface area contributed by atoms with Crippen molar-refractivity contribution in [3.05, 3.63) is 23.8 Å². The quantitative estimate of drug-likeness (QED) is 0.110. The van der Waals surface area contributed by atoms with E-state index in [0.717, 1.165) is 0 Å². The van der Waals surface area contributed by atoms with Gasteiger partial charge in [0.15, 0.2) is 0 Å². The van der Waals surface area contributed by atoms with Crippen molar-refractivity contribution in [3.8, 4) is 0 Å². The lowest BCUT2D eigenvalue weighted by atomic mass is 10.7. The van der Waals surface area contributed by atoms with Gasteiger partial charge in [0.1, 0.15) is 39.6 Å². The van der Waals surface area contributed by atoms with Crippen molar-refractivity contribution >= 4 is 0 Å². The Morgan fingerprint density at radius 1 is 0.345 bits per heavy atom. The van der Waals surface area contributed by atoms with Crippen molar-refractivity contribution < 1.29 is 63.8 Å². The Kier molecular flexibility index (Phi) is 17.7. The van der Waals surface area contributed by atoms with Crippen LogP contribution >= 0.6 is 0 Å². The Hall–Kier alpha value is -2.16. The van der Waals surface area contributed by atoms with Crippen LogP contribution in [0.5, 0.6) is 0 Å². The molecule has 0 heterocycles. The molecule has 0 aromatic carbocycles. The average molecular weight is 430 g/mol. The van der Waals surface area contributed by atoms with Gasteiger partial charge < -0.3 is 63.8 Å². The maximum Gasteiger partial charge on any atom is 0.372 e. The SMILES string of the molecule is OCCOC(OCCO)=C(OCCO)OC(OCCO)=C(OCCO)OCCO. The fourth-order valence-corrected chi connectivity index (χ4v) is 1.49. The maximum atomic E-state index is 9.02. The summed E-state index contributed by atoms with van der Waals surface area (Å²) in [6.07, 6.45) is 0. The number of hydrogen-bond donors (Lipinski definition) is 6. The molecule has 0 amide bonds. The van der Waals surface area contributed by atoms with Gasteiger partial charge in [0.2, 0.25) is 0 Å². The fourth-order valence-electron chi connectivity index (χ4n) is 1.49. The van der Waals surface area contributed by atoms with Crippen molar-refractivity contribution in [1.29, 1.82) is 0 Å². The summed E-state index contributed by atoms with van der Waals surface area (Å²) in [5, 5.41) is 53.9. The second kappa shape index (κ2) is 19.2. The highest BCUT2D eigenvalue weighted by Gasteiger charge is 2.23. The van der Waals surface area contributed by atoms with Crippen LogP contribution in [0, 0.1) is 0 Å². The van der Waals surface area contributed by atoms with Gasteiger partial charge in [-0.05, 0) is 0 Å². The first kappa shape index (κ1) is 26.8. The monoisotopic (exact) mass is 430 g/mol. The number of ether oxygens (including phenoxy) is 7. The Morgan fingerprint density at radius 2 is 0.552 bits per heavy atom. The first-order valence-electron chi connectivity index (χ1n) is 8.76. The van der Waals surface area contributed by atoms with Crippen LogP contribution in [0.4, 0.5) is 0 Å².